The molecule has 35 heavy (non-hydrogen) atoms. The van der Waals surface area contributed by atoms with E-state index in [2.05, 4.69) is 152 Å². The fourth-order valence-corrected chi connectivity index (χ4v) is 5.88. The van der Waals surface area contributed by atoms with Crippen LogP contribution < -0.4 is 0 Å². The molecule has 0 spiro atoms. The standard InChI is InChI=1S/C16H10BrN.C16H11N/c17-16-10-9-15-13-6-2-1-5-11(13)12-7-3-4-8-14(12)18(15)16;1-2-7-14-12(6-1)13-8-3-4-9-15(13)17-11-5-10-16(14)17/h1-10H;1-11H. The second-order valence-corrected chi connectivity index (χ2v) is 9.58. The van der Waals surface area contributed by atoms with Crippen LogP contribution in [0.4, 0.5) is 0 Å². The summed E-state index contributed by atoms with van der Waals surface area (Å²) in [5.41, 5.74) is 5.03. The minimum absolute atomic E-state index is 1.10. The first-order valence-corrected chi connectivity index (χ1v) is 12.5. The third-order valence-corrected chi connectivity index (χ3v) is 7.50. The van der Waals surface area contributed by atoms with Gasteiger partial charge in [-0.1, -0.05) is 84.9 Å². The highest BCUT2D eigenvalue weighted by molar-refractivity contribution is 9.10. The van der Waals surface area contributed by atoms with Crippen LogP contribution in [-0.4, -0.2) is 8.80 Å². The van der Waals surface area contributed by atoms with E-state index in [4.69, 9.17) is 0 Å². The van der Waals surface area contributed by atoms with Crippen LogP contribution in [0.3, 0.4) is 0 Å². The van der Waals surface area contributed by atoms with Crippen LogP contribution in [0.15, 0.2) is 132 Å². The van der Waals surface area contributed by atoms with E-state index in [9.17, 15) is 0 Å². The van der Waals surface area contributed by atoms with Gasteiger partial charge in [0.25, 0.3) is 0 Å². The number of benzene rings is 4. The number of fused-ring (bicyclic) bond motifs is 12. The molecule has 2 nitrogen and oxygen atoms in total. The van der Waals surface area contributed by atoms with Gasteiger partial charge in [0.15, 0.2) is 0 Å². The quantitative estimate of drug-likeness (QED) is 0.179. The topological polar surface area (TPSA) is 8.82 Å². The van der Waals surface area contributed by atoms with Gasteiger partial charge in [-0.15, -0.1) is 0 Å². The van der Waals surface area contributed by atoms with Crippen LogP contribution in [-0.2, 0) is 0 Å². The minimum Gasteiger partial charge on any atom is -0.316 e. The number of hydrogen-bond donors (Lipinski definition) is 0. The van der Waals surface area contributed by atoms with Crippen LogP contribution in [0, 0.1) is 0 Å². The van der Waals surface area contributed by atoms with Gasteiger partial charge in [0.05, 0.1) is 26.7 Å². The molecule has 166 valence electrons. The van der Waals surface area contributed by atoms with Gasteiger partial charge in [-0.25, -0.2) is 0 Å². The summed E-state index contributed by atoms with van der Waals surface area (Å²) < 4.78 is 5.62. The van der Waals surface area contributed by atoms with Crippen LogP contribution in [0.1, 0.15) is 0 Å². The summed E-state index contributed by atoms with van der Waals surface area (Å²) in [5.74, 6) is 0. The Bertz CT molecular complexity index is 1960. The van der Waals surface area contributed by atoms with Crippen LogP contribution in [0.25, 0.3) is 54.4 Å². The highest BCUT2D eigenvalue weighted by atomic mass is 79.9. The summed E-state index contributed by atoms with van der Waals surface area (Å²) in [6.45, 7) is 0. The van der Waals surface area contributed by atoms with E-state index in [1.165, 1.54) is 54.4 Å². The van der Waals surface area contributed by atoms with E-state index in [0.29, 0.717) is 0 Å². The number of para-hydroxylation sites is 2. The van der Waals surface area contributed by atoms with Gasteiger partial charge in [-0.2, -0.15) is 0 Å². The number of rotatable bonds is 0. The van der Waals surface area contributed by atoms with Crippen molar-refractivity contribution >= 4 is 70.3 Å². The highest BCUT2D eigenvalue weighted by Gasteiger charge is 2.09. The Morgan fingerprint density at radius 3 is 1.34 bits per heavy atom. The molecule has 0 aliphatic rings. The summed E-state index contributed by atoms with van der Waals surface area (Å²) in [6.07, 6.45) is 2.13. The molecular formula is C32H21BrN2. The largest absolute Gasteiger partial charge is 0.316 e. The SMILES string of the molecule is Brc1ccc2c3ccccc3c3ccccc3n12.c1ccc2c(c1)c1ccccc1n1cccc21. The Balaban J connectivity index is 0.000000120. The minimum atomic E-state index is 1.10. The normalized spacial score (nSPS) is 11.6. The average Bonchev–Trinajstić information content (AvgIpc) is 3.57. The smallest absolute Gasteiger partial charge is 0.0897 e. The average molecular weight is 513 g/mol. The van der Waals surface area contributed by atoms with E-state index >= 15 is 0 Å². The molecule has 0 saturated heterocycles. The Labute approximate surface area is 210 Å². The van der Waals surface area contributed by atoms with Crippen molar-refractivity contribution in [2.45, 2.75) is 0 Å². The van der Waals surface area contributed by atoms with E-state index in [-0.39, 0.29) is 0 Å². The molecule has 3 heteroatoms. The van der Waals surface area contributed by atoms with Crippen LogP contribution >= 0.6 is 15.9 Å². The summed E-state index contributed by atoms with van der Waals surface area (Å²) in [6, 6.07) is 42.8. The highest BCUT2D eigenvalue weighted by Crippen LogP contribution is 2.32. The number of nitrogens with zero attached hydrogens (tertiary/aromatic N) is 2. The molecule has 0 aliphatic heterocycles. The van der Waals surface area contributed by atoms with E-state index in [1.54, 1.807) is 0 Å². The molecular weight excluding hydrogens is 492 g/mol. The van der Waals surface area contributed by atoms with E-state index in [0.717, 1.165) is 4.60 Å². The molecule has 0 unspecified atom stereocenters. The van der Waals surface area contributed by atoms with Crippen molar-refractivity contribution in [2.75, 3.05) is 0 Å². The lowest BCUT2D eigenvalue weighted by molar-refractivity contribution is 1.24. The summed E-state index contributed by atoms with van der Waals surface area (Å²) >= 11 is 3.64. The van der Waals surface area contributed by atoms with Gasteiger partial charge in [0.1, 0.15) is 0 Å². The monoisotopic (exact) mass is 512 g/mol. The number of aromatic nitrogens is 2. The summed E-state index contributed by atoms with van der Waals surface area (Å²) in [7, 11) is 0. The summed E-state index contributed by atoms with van der Waals surface area (Å²) in [4.78, 5) is 0. The second kappa shape index (κ2) is 8.00. The lowest BCUT2D eigenvalue weighted by Crippen LogP contribution is -1.90. The Hall–Kier alpha value is -4.08. The van der Waals surface area contributed by atoms with Crippen LogP contribution in [0.2, 0.25) is 0 Å². The molecule has 0 fully saturated rings. The first kappa shape index (κ1) is 20.3. The second-order valence-electron chi connectivity index (χ2n) is 8.77. The van der Waals surface area contributed by atoms with Crippen molar-refractivity contribution < 1.29 is 0 Å². The molecule has 4 heterocycles. The molecule has 8 aromatic rings. The fraction of sp³-hybridized carbons (Fsp3) is 0. The number of pyridine rings is 2. The van der Waals surface area contributed by atoms with E-state index < -0.39 is 0 Å². The number of halogens is 1. The molecule has 0 bridgehead atoms. The van der Waals surface area contributed by atoms with Crippen molar-refractivity contribution in [2.24, 2.45) is 0 Å². The molecule has 0 N–H and O–H groups in total. The van der Waals surface area contributed by atoms with Gasteiger partial charge >= 0.3 is 0 Å². The molecule has 0 aliphatic carbocycles. The molecule has 0 amide bonds. The summed E-state index contributed by atoms with van der Waals surface area (Å²) in [5, 5.41) is 7.85. The lowest BCUT2D eigenvalue weighted by Gasteiger charge is -2.09. The first-order chi connectivity index (χ1) is 17.3. The molecule has 0 atom stereocenters. The predicted octanol–water partition coefficient (Wildman–Crippen LogP) is 9.25. The lowest BCUT2D eigenvalue weighted by atomic mass is 10.1. The van der Waals surface area contributed by atoms with Crippen molar-refractivity contribution in [1.82, 2.24) is 8.80 Å². The fourth-order valence-electron chi connectivity index (χ4n) is 5.37. The Kier molecular flexibility index (Phi) is 4.64. The zero-order valence-electron chi connectivity index (χ0n) is 18.9. The Morgan fingerprint density at radius 1 is 0.371 bits per heavy atom. The maximum atomic E-state index is 3.64. The third-order valence-electron chi connectivity index (χ3n) is 6.88. The van der Waals surface area contributed by atoms with Gasteiger partial charge in [-0.05, 0) is 63.1 Å². The molecule has 4 aromatic heterocycles. The van der Waals surface area contributed by atoms with Crippen molar-refractivity contribution in [1.29, 1.82) is 0 Å². The third kappa shape index (κ3) is 3.09. The maximum absolute atomic E-state index is 3.64. The van der Waals surface area contributed by atoms with Gasteiger partial charge in [0, 0.05) is 27.7 Å². The first-order valence-electron chi connectivity index (χ1n) is 11.7. The van der Waals surface area contributed by atoms with Crippen molar-refractivity contribution in [3.8, 4) is 0 Å². The van der Waals surface area contributed by atoms with Crippen LogP contribution in [0.5, 0.6) is 0 Å². The molecule has 0 saturated carbocycles. The maximum Gasteiger partial charge on any atom is 0.0897 e. The predicted molar refractivity (Wildman–Crippen MR) is 153 cm³/mol. The molecule has 8 rings (SSSR count). The molecule has 0 radical (unpaired) electrons. The van der Waals surface area contributed by atoms with E-state index in [1.807, 2.05) is 0 Å². The van der Waals surface area contributed by atoms with Gasteiger partial charge < -0.3 is 8.80 Å². The van der Waals surface area contributed by atoms with Gasteiger partial charge in [-0.3, -0.25) is 0 Å². The van der Waals surface area contributed by atoms with Crippen molar-refractivity contribution in [3.05, 3.63) is 132 Å². The zero-order valence-corrected chi connectivity index (χ0v) is 20.5. The number of hydrogen-bond acceptors (Lipinski definition) is 0. The zero-order chi connectivity index (χ0) is 23.4. The molecule has 4 aromatic carbocycles. The van der Waals surface area contributed by atoms with Gasteiger partial charge in [0.2, 0.25) is 0 Å². The van der Waals surface area contributed by atoms with Crippen molar-refractivity contribution in [3.63, 3.8) is 0 Å². The Morgan fingerprint density at radius 2 is 0.771 bits per heavy atom.